The summed E-state index contributed by atoms with van der Waals surface area (Å²) in [5.41, 5.74) is 0. The van der Waals surface area contributed by atoms with Crippen LogP contribution in [-0.4, -0.2) is 26.4 Å². The summed E-state index contributed by atoms with van der Waals surface area (Å²) >= 11 is 0. The molecule has 1 N–H and O–H groups in total. The Labute approximate surface area is 46.1 Å². The summed E-state index contributed by atoms with van der Waals surface area (Å²) in [5.74, 6) is 0. The molecule has 0 bridgehead atoms. The molecule has 0 aliphatic heterocycles. The Morgan fingerprint density at radius 2 is 2.14 bits per heavy atom. The van der Waals surface area contributed by atoms with E-state index in [1.807, 2.05) is 6.92 Å². The maximum atomic E-state index is 8.33. The summed E-state index contributed by atoms with van der Waals surface area (Å²) in [6.07, 6.45) is -0.602. The number of rotatable bonds is 2. The molecule has 0 heterocycles. The molecule has 7 heavy (non-hydrogen) atoms. The van der Waals surface area contributed by atoms with Crippen LogP contribution >= 0.6 is 0 Å². The van der Waals surface area contributed by atoms with Crippen molar-refractivity contribution in [1.82, 2.24) is 0 Å². The van der Waals surface area contributed by atoms with Gasteiger partial charge < -0.3 is 9.84 Å². The number of aliphatic hydroxyl groups is 1. The van der Waals surface area contributed by atoms with Crippen LogP contribution in [0.2, 0.25) is 0 Å². The van der Waals surface area contributed by atoms with Gasteiger partial charge in [0.25, 0.3) is 0 Å². The van der Waals surface area contributed by atoms with E-state index in [0.717, 1.165) is 0 Å². The lowest BCUT2D eigenvalue weighted by molar-refractivity contribution is -0.0800. The van der Waals surface area contributed by atoms with Crippen molar-refractivity contribution in [3.63, 3.8) is 0 Å². The van der Waals surface area contributed by atoms with Gasteiger partial charge in [0.15, 0.2) is 6.29 Å². The number of ether oxygens (including phenoxy) is 1. The fourth-order valence-corrected chi connectivity index (χ4v) is 0.241. The molecule has 41 valence electrons. The van der Waals surface area contributed by atoms with E-state index in [9.17, 15) is 0 Å². The average Bonchev–Trinajstić information content (AvgIpc) is 1.35. The highest BCUT2D eigenvalue weighted by Crippen LogP contribution is 1.78. The van der Waals surface area contributed by atoms with Crippen LogP contribution in [-0.2, 0) is 4.74 Å². The van der Waals surface area contributed by atoms with Crippen LogP contribution in [0.1, 0.15) is 13.8 Å². The van der Waals surface area contributed by atoms with Crippen molar-refractivity contribution in [3.8, 4) is 0 Å². The van der Waals surface area contributed by atoms with Crippen molar-refractivity contribution in [2.24, 2.45) is 0 Å². The zero-order valence-electron chi connectivity index (χ0n) is 4.72. The average molecular weight is 101 g/mol. The largest absolute Gasteiger partial charge is 0.368 e. The van der Waals surface area contributed by atoms with Gasteiger partial charge in [-0.05, 0) is 13.8 Å². The molecule has 0 aromatic rings. The minimum Gasteiger partial charge on any atom is -0.368 e. The minimum atomic E-state index is -0.602. The molecule has 2 nitrogen and oxygen atoms in total. The van der Waals surface area contributed by atoms with Crippen molar-refractivity contribution >= 4 is 8.41 Å². The fraction of sp³-hybridized carbons (Fsp3) is 1.00. The van der Waals surface area contributed by atoms with E-state index in [1.54, 1.807) is 6.92 Å². The molecule has 0 spiro atoms. The second kappa shape index (κ2) is 5.98. The molecule has 0 saturated carbocycles. The van der Waals surface area contributed by atoms with Crippen molar-refractivity contribution in [2.75, 3.05) is 6.61 Å². The Bertz CT molecular complexity index is 30.9. The summed E-state index contributed by atoms with van der Waals surface area (Å²) in [6, 6.07) is 0. The first-order chi connectivity index (χ1) is 2.77. The van der Waals surface area contributed by atoms with Gasteiger partial charge >= 0.3 is 0 Å². The maximum Gasteiger partial charge on any atom is 0.151 e. The van der Waals surface area contributed by atoms with Crippen LogP contribution in [0, 0.1) is 0 Å². The monoisotopic (exact) mass is 101 g/mol. The molecule has 1 atom stereocenters. The van der Waals surface area contributed by atoms with Crippen LogP contribution in [0.15, 0.2) is 0 Å². The molecule has 0 amide bonds. The van der Waals surface area contributed by atoms with Crippen molar-refractivity contribution in [2.45, 2.75) is 20.1 Å². The lowest BCUT2D eigenvalue weighted by atomic mass is 10.7. The Hall–Kier alpha value is -0.0151. The van der Waals surface area contributed by atoms with E-state index >= 15 is 0 Å². The van der Waals surface area contributed by atoms with Crippen LogP contribution in [0.5, 0.6) is 0 Å². The first-order valence-electron chi connectivity index (χ1n) is 2.07. The molecule has 3 heteroatoms. The normalized spacial score (nSPS) is 12.4. The third-order valence-electron chi connectivity index (χ3n) is 0.408. The Balaban J connectivity index is 0. The third-order valence-corrected chi connectivity index (χ3v) is 0.408. The summed E-state index contributed by atoms with van der Waals surface area (Å²) in [5, 5.41) is 8.33. The topological polar surface area (TPSA) is 29.5 Å². The minimum absolute atomic E-state index is 0. The van der Waals surface area contributed by atoms with Gasteiger partial charge in [-0.15, -0.1) is 0 Å². The molecule has 0 aromatic heterocycles. The van der Waals surface area contributed by atoms with Gasteiger partial charge in [0.05, 0.1) is 0 Å². The van der Waals surface area contributed by atoms with E-state index in [0.29, 0.717) is 6.61 Å². The van der Waals surface area contributed by atoms with Gasteiger partial charge in [0, 0.05) is 15.0 Å². The smallest absolute Gasteiger partial charge is 0.151 e. The third kappa shape index (κ3) is 10.7. The zero-order valence-corrected chi connectivity index (χ0v) is 4.72. The summed E-state index contributed by atoms with van der Waals surface area (Å²) in [4.78, 5) is 0. The highest BCUT2D eigenvalue weighted by molar-refractivity contribution is 5.75. The Morgan fingerprint density at radius 3 is 2.14 bits per heavy atom. The highest BCUT2D eigenvalue weighted by Gasteiger charge is 1.85. The van der Waals surface area contributed by atoms with Gasteiger partial charge in [-0.25, -0.2) is 0 Å². The number of hydrogen-bond acceptors (Lipinski definition) is 2. The lowest BCUT2D eigenvalue weighted by Crippen LogP contribution is -2.04. The van der Waals surface area contributed by atoms with E-state index < -0.39 is 6.29 Å². The molecule has 3 radical (unpaired) electrons. The van der Waals surface area contributed by atoms with E-state index in [2.05, 4.69) is 4.74 Å². The van der Waals surface area contributed by atoms with Gasteiger partial charge in [-0.3, -0.25) is 0 Å². The summed E-state index contributed by atoms with van der Waals surface area (Å²) < 4.78 is 4.60. The highest BCUT2D eigenvalue weighted by atomic mass is 16.6. The van der Waals surface area contributed by atoms with Crippen molar-refractivity contribution in [3.05, 3.63) is 0 Å². The zero-order chi connectivity index (χ0) is 4.99. The van der Waals surface area contributed by atoms with E-state index in [4.69, 9.17) is 5.11 Å². The second-order valence-corrected chi connectivity index (χ2v) is 1.05. The standard InChI is InChI=1S/C4H10O2.B/c1-3-6-4(2)5;/h4-5H,3H2,1-2H3;. The van der Waals surface area contributed by atoms with E-state index in [1.165, 1.54) is 0 Å². The molecule has 0 aliphatic rings. The quantitative estimate of drug-likeness (QED) is 0.391. The number of hydrogen-bond donors (Lipinski definition) is 1. The first-order valence-corrected chi connectivity index (χ1v) is 2.07. The molecule has 0 aliphatic carbocycles. The number of aliphatic hydroxyl groups excluding tert-OH is 1. The molecule has 1 unspecified atom stereocenters. The van der Waals surface area contributed by atoms with Crippen molar-refractivity contribution in [1.29, 1.82) is 0 Å². The van der Waals surface area contributed by atoms with Crippen molar-refractivity contribution < 1.29 is 9.84 Å². The van der Waals surface area contributed by atoms with Gasteiger partial charge in [-0.1, -0.05) is 0 Å². The molecule has 0 saturated heterocycles. The maximum absolute atomic E-state index is 8.33. The second-order valence-electron chi connectivity index (χ2n) is 1.05. The van der Waals surface area contributed by atoms with Crippen LogP contribution in [0.25, 0.3) is 0 Å². The van der Waals surface area contributed by atoms with Gasteiger partial charge in [-0.2, -0.15) is 0 Å². The predicted molar refractivity (Wildman–Crippen MR) is 29.1 cm³/mol. The van der Waals surface area contributed by atoms with Crippen LogP contribution < -0.4 is 0 Å². The SMILES string of the molecule is CCOC(C)O.[B]. The predicted octanol–water partition coefficient (Wildman–Crippen LogP) is -0.0196. The lowest BCUT2D eigenvalue weighted by Gasteiger charge is -1.99. The summed E-state index contributed by atoms with van der Waals surface area (Å²) in [6.45, 7) is 4.01. The molecular formula is C4H10BO2. The van der Waals surface area contributed by atoms with Crippen LogP contribution in [0.3, 0.4) is 0 Å². The molecular weight excluding hydrogens is 90.9 g/mol. The van der Waals surface area contributed by atoms with Gasteiger partial charge in [0.1, 0.15) is 0 Å². The van der Waals surface area contributed by atoms with Crippen LogP contribution in [0.4, 0.5) is 0 Å². The van der Waals surface area contributed by atoms with Gasteiger partial charge in [0.2, 0.25) is 0 Å². The molecule has 0 fully saturated rings. The van der Waals surface area contributed by atoms with E-state index in [-0.39, 0.29) is 8.41 Å². The first kappa shape index (κ1) is 10.1. The molecule has 0 rings (SSSR count). The summed E-state index contributed by atoms with van der Waals surface area (Å²) in [7, 11) is 0. The Kier molecular flexibility index (Phi) is 8.61. The fourth-order valence-electron chi connectivity index (χ4n) is 0.241. The Morgan fingerprint density at radius 1 is 1.71 bits per heavy atom. The molecule has 0 aromatic carbocycles.